The van der Waals surface area contributed by atoms with E-state index < -0.39 is 78.5 Å². The molecule has 1 amide bonds. The van der Waals surface area contributed by atoms with Crippen molar-refractivity contribution >= 4 is 16.3 Å². The second kappa shape index (κ2) is 25.7. The van der Waals surface area contributed by atoms with Crippen LogP contribution in [-0.4, -0.2) is 107 Å². The number of nitrogens with one attached hydrogen (secondary N) is 1. The van der Waals surface area contributed by atoms with Gasteiger partial charge in [-0.1, -0.05) is 109 Å². The summed E-state index contributed by atoms with van der Waals surface area (Å²) in [5, 5.41) is 54.7. The second-order valence-corrected chi connectivity index (χ2v) is 13.6. The molecule has 1 rings (SSSR count). The Morgan fingerprint density at radius 1 is 0.830 bits per heavy atom. The van der Waals surface area contributed by atoms with E-state index in [0.29, 0.717) is 19.3 Å². The third-order valence-electron chi connectivity index (χ3n) is 8.43. The average molecular weight is 698 g/mol. The van der Waals surface area contributed by atoms with Crippen molar-refractivity contribution in [3.8, 4) is 0 Å². The Kier molecular flexibility index (Phi) is 24.0. The molecule has 0 spiro atoms. The first-order chi connectivity index (χ1) is 22.4. The summed E-state index contributed by atoms with van der Waals surface area (Å²) in [5.41, 5.74) is 0. The molecule has 0 bridgehead atoms. The Labute approximate surface area is 282 Å². The topological polar surface area (TPSA) is 212 Å². The Morgan fingerprint density at radius 2 is 1.38 bits per heavy atom. The summed E-state index contributed by atoms with van der Waals surface area (Å²) in [6.07, 6.45) is 10.3. The van der Waals surface area contributed by atoms with E-state index in [4.69, 9.17) is 14.0 Å². The van der Waals surface area contributed by atoms with Gasteiger partial charge in [-0.2, -0.15) is 8.42 Å². The Morgan fingerprint density at radius 3 is 1.98 bits per heavy atom. The molecule has 47 heavy (non-hydrogen) atoms. The van der Waals surface area contributed by atoms with Gasteiger partial charge in [0.05, 0.1) is 25.4 Å². The number of unbranched alkanes of at least 4 members (excludes halogenated alkanes) is 13. The highest BCUT2D eigenvalue weighted by molar-refractivity contribution is 7.80. The van der Waals surface area contributed by atoms with E-state index in [1.165, 1.54) is 32.1 Å². The number of amides is 1. The Hall–Kier alpha value is -1.20. The van der Waals surface area contributed by atoms with Crippen LogP contribution in [0.5, 0.6) is 0 Å². The maximum Gasteiger partial charge on any atom is 0.397 e. The summed E-state index contributed by atoms with van der Waals surface area (Å²) in [5.74, 6) is -0.686. The second-order valence-electron chi connectivity index (χ2n) is 12.6. The Balaban J connectivity index is 2.74. The molecule has 1 aliphatic rings. The van der Waals surface area contributed by atoms with E-state index >= 15 is 0 Å². The molecule has 0 aliphatic carbocycles. The highest BCUT2D eigenvalue weighted by Gasteiger charge is 2.48. The molecule has 0 aromatic carbocycles. The number of rotatable bonds is 28. The predicted molar refractivity (Wildman–Crippen MR) is 178 cm³/mol. The first-order valence-electron chi connectivity index (χ1n) is 17.7. The standard InChI is InChI=1S/C33H63NO12S/c1-3-5-7-9-11-13-14-16-18-20-22-27(37)32(40)34-25(26(36)21-19-17-15-12-10-8-6-4-2)24-44-33-30(39)31(46-47(41,42)43)29(38)28(23-35)45-33/h9,11,25-31,33,35-39H,3-8,10,12-24H2,1-2H3,(H,34,40)(H,41,42,43)/b11-9-. The number of hydrogen-bond acceptors (Lipinski definition) is 11. The van der Waals surface area contributed by atoms with Gasteiger partial charge in [0.1, 0.15) is 30.5 Å². The molecule has 0 saturated carbocycles. The van der Waals surface area contributed by atoms with Crippen molar-refractivity contribution in [3.63, 3.8) is 0 Å². The fraction of sp³-hybridized carbons (Fsp3) is 0.909. The van der Waals surface area contributed by atoms with Gasteiger partial charge < -0.3 is 40.3 Å². The minimum atomic E-state index is -5.10. The maximum absolute atomic E-state index is 12.9. The lowest BCUT2D eigenvalue weighted by atomic mass is 9.99. The summed E-state index contributed by atoms with van der Waals surface area (Å²) >= 11 is 0. The zero-order chi connectivity index (χ0) is 35.1. The fourth-order valence-corrected chi connectivity index (χ4v) is 6.01. The highest BCUT2D eigenvalue weighted by Crippen LogP contribution is 2.26. The van der Waals surface area contributed by atoms with Crippen molar-refractivity contribution in [3.05, 3.63) is 12.2 Å². The third kappa shape index (κ3) is 19.5. The lowest BCUT2D eigenvalue weighted by Gasteiger charge is -2.41. The van der Waals surface area contributed by atoms with E-state index in [9.17, 15) is 38.7 Å². The molecule has 1 saturated heterocycles. The van der Waals surface area contributed by atoms with Crippen LogP contribution in [-0.2, 0) is 28.9 Å². The van der Waals surface area contributed by atoms with Gasteiger partial charge in [-0.3, -0.25) is 9.35 Å². The maximum atomic E-state index is 12.9. The molecule has 0 radical (unpaired) electrons. The van der Waals surface area contributed by atoms with E-state index in [-0.39, 0.29) is 6.42 Å². The fourth-order valence-electron chi connectivity index (χ4n) is 5.50. The normalized spacial score (nSPS) is 24.0. The molecular weight excluding hydrogens is 634 g/mol. The van der Waals surface area contributed by atoms with Gasteiger partial charge in [0.25, 0.3) is 0 Å². The molecule has 1 aliphatic heterocycles. The smallest absolute Gasteiger partial charge is 0.394 e. The van der Waals surface area contributed by atoms with Crippen LogP contribution < -0.4 is 5.32 Å². The molecule has 278 valence electrons. The van der Waals surface area contributed by atoms with E-state index in [0.717, 1.165) is 57.8 Å². The number of hydrogen-bond donors (Lipinski definition) is 7. The number of carbonyl (C=O) groups excluding carboxylic acids is 1. The lowest BCUT2D eigenvalue weighted by Crippen LogP contribution is -2.61. The quantitative estimate of drug-likeness (QED) is 0.0356. The molecule has 13 nitrogen and oxygen atoms in total. The number of aliphatic hydroxyl groups excluding tert-OH is 5. The molecular formula is C33H63NO12S. The van der Waals surface area contributed by atoms with Crippen molar-refractivity contribution in [2.45, 2.75) is 178 Å². The first-order valence-corrected chi connectivity index (χ1v) is 19.0. The van der Waals surface area contributed by atoms with Gasteiger partial charge in [-0.15, -0.1) is 0 Å². The average Bonchev–Trinajstić information content (AvgIpc) is 3.03. The highest BCUT2D eigenvalue weighted by atomic mass is 32.3. The van der Waals surface area contributed by atoms with Crippen LogP contribution >= 0.6 is 0 Å². The van der Waals surface area contributed by atoms with Crippen LogP contribution in [0.3, 0.4) is 0 Å². The minimum absolute atomic E-state index is 0.245. The van der Waals surface area contributed by atoms with E-state index in [1.54, 1.807) is 0 Å². The van der Waals surface area contributed by atoms with Crippen molar-refractivity contribution in [2.75, 3.05) is 13.2 Å². The summed E-state index contributed by atoms with van der Waals surface area (Å²) in [6.45, 7) is 3.12. The number of aliphatic hydroxyl groups is 5. The van der Waals surface area contributed by atoms with E-state index in [2.05, 4.69) is 35.5 Å². The van der Waals surface area contributed by atoms with E-state index in [1.807, 2.05) is 0 Å². The van der Waals surface area contributed by atoms with Crippen molar-refractivity contribution in [2.24, 2.45) is 0 Å². The van der Waals surface area contributed by atoms with Crippen LogP contribution in [0.1, 0.15) is 129 Å². The monoisotopic (exact) mass is 697 g/mol. The van der Waals surface area contributed by atoms with Crippen molar-refractivity contribution in [1.82, 2.24) is 5.32 Å². The SMILES string of the molecule is CCCC/C=C\CCCCCCC(O)C(=O)NC(COC1OC(CO)C(O)C(OS(=O)(=O)O)C1O)C(O)CCCCCCCCCC. The zero-order valence-corrected chi connectivity index (χ0v) is 29.3. The molecule has 0 aromatic heterocycles. The number of carbonyl (C=O) groups is 1. The molecule has 1 heterocycles. The number of ether oxygens (including phenoxy) is 2. The molecule has 14 heteroatoms. The van der Waals surface area contributed by atoms with Gasteiger partial charge in [0.15, 0.2) is 6.29 Å². The van der Waals surface area contributed by atoms with Crippen LogP contribution in [0.4, 0.5) is 0 Å². The van der Waals surface area contributed by atoms with Gasteiger partial charge in [-0.05, 0) is 32.1 Å². The van der Waals surface area contributed by atoms with Crippen LogP contribution in [0, 0.1) is 0 Å². The molecule has 8 unspecified atom stereocenters. The lowest BCUT2D eigenvalue weighted by molar-refractivity contribution is -0.298. The van der Waals surface area contributed by atoms with Crippen LogP contribution in [0.25, 0.3) is 0 Å². The predicted octanol–water partition coefficient (Wildman–Crippen LogP) is 3.45. The minimum Gasteiger partial charge on any atom is -0.394 e. The zero-order valence-electron chi connectivity index (χ0n) is 28.5. The van der Waals surface area contributed by atoms with Gasteiger partial charge >= 0.3 is 10.4 Å². The van der Waals surface area contributed by atoms with Crippen molar-refractivity contribution in [1.29, 1.82) is 0 Å². The van der Waals surface area contributed by atoms with Crippen molar-refractivity contribution < 1.29 is 57.0 Å². The summed E-state index contributed by atoms with van der Waals surface area (Å²) in [4.78, 5) is 12.9. The number of allylic oxidation sites excluding steroid dienone is 2. The van der Waals surface area contributed by atoms with Gasteiger partial charge in [-0.25, -0.2) is 4.18 Å². The molecule has 8 atom stereocenters. The summed E-state index contributed by atoms with van der Waals surface area (Å²) in [6, 6.07) is -1.03. The molecule has 7 N–H and O–H groups in total. The molecule has 0 aromatic rings. The molecule has 1 fully saturated rings. The third-order valence-corrected chi connectivity index (χ3v) is 8.90. The van der Waals surface area contributed by atoms with Gasteiger partial charge in [0, 0.05) is 0 Å². The first kappa shape index (κ1) is 43.8. The van der Waals surface area contributed by atoms with Crippen LogP contribution in [0.2, 0.25) is 0 Å². The largest absolute Gasteiger partial charge is 0.397 e. The van der Waals surface area contributed by atoms with Crippen LogP contribution in [0.15, 0.2) is 12.2 Å². The summed E-state index contributed by atoms with van der Waals surface area (Å²) in [7, 11) is -5.10. The Bertz CT molecular complexity index is 937. The summed E-state index contributed by atoms with van der Waals surface area (Å²) < 4.78 is 47.1. The van der Waals surface area contributed by atoms with Gasteiger partial charge in [0.2, 0.25) is 5.91 Å².